The van der Waals surface area contributed by atoms with E-state index in [-0.39, 0.29) is 0 Å². The van der Waals surface area contributed by atoms with Crippen LogP contribution in [0.2, 0.25) is 0 Å². The first-order chi connectivity index (χ1) is 10.7. The summed E-state index contributed by atoms with van der Waals surface area (Å²) in [5, 5.41) is 3.38. The molecule has 0 aliphatic carbocycles. The lowest BCUT2D eigenvalue weighted by molar-refractivity contribution is 0.282. The number of aromatic nitrogens is 1. The van der Waals surface area contributed by atoms with Gasteiger partial charge in [-0.05, 0) is 52.7 Å². The van der Waals surface area contributed by atoms with Gasteiger partial charge in [-0.25, -0.2) is 0 Å². The van der Waals surface area contributed by atoms with Crippen molar-refractivity contribution in [1.82, 2.24) is 10.3 Å². The highest BCUT2D eigenvalue weighted by atomic mass is 79.9. The number of nitrogens with zero attached hydrogens (tertiary/aromatic N) is 1. The molecule has 118 valence electrons. The van der Waals surface area contributed by atoms with Crippen LogP contribution in [0.15, 0.2) is 41.1 Å². The number of rotatable bonds is 8. The molecule has 4 nitrogen and oxygen atoms in total. The first-order valence-electron chi connectivity index (χ1n) is 7.33. The van der Waals surface area contributed by atoms with E-state index in [1.807, 2.05) is 18.2 Å². The third kappa shape index (κ3) is 4.71. The minimum Gasteiger partial charge on any atom is -0.493 e. The van der Waals surface area contributed by atoms with Gasteiger partial charge in [0.05, 0.1) is 11.6 Å². The van der Waals surface area contributed by atoms with E-state index in [9.17, 15) is 0 Å². The van der Waals surface area contributed by atoms with E-state index in [1.54, 1.807) is 19.5 Å². The van der Waals surface area contributed by atoms with Crippen molar-refractivity contribution < 1.29 is 9.47 Å². The van der Waals surface area contributed by atoms with Gasteiger partial charge in [0.15, 0.2) is 11.5 Å². The summed E-state index contributed by atoms with van der Waals surface area (Å²) in [6, 6.07) is 7.94. The van der Waals surface area contributed by atoms with Gasteiger partial charge in [0, 0.05) is 24.5 Å². The third-order valence-electron chi connectivity index (χ3n) is 3.15. The molecule has 0 spiro atoms. The van der Waals surface area contributed by atoms with E-state index in [1.165, 1.54) is 0 Å². The van der Waals surface area contributed by atoms with Gasteiger partial charge in [-0.2, -0.15) is 0 Å². The molecule has 0 atom stereocenters. The average molecular weight is 365 g/mol. The number of benzene rings is 1. The standard InChI is InChI=1S/C17H21BrN2O2/c1-3-6-19-11-14-8-15(18)17(16(9-14)21-2)22-12-13-5-4-7-20-10-13/h4-5,7-10,19H,3,6,11-12H2,1-2H3. The third-order valence-corrected chi connectivity index (χ3v) is 3.74. The smallest absolute Gasteiger partial charge is 0.175 e. The zero-order chi connectivity index (χ0) is 15.8. The molecule has 1 heterocycles. The van der Waals surface area contributed by atoms with Gasteiger partial charge in [0.2, 0.25) is 0 Å². The fourth-order valence-corrected chi connectivity index (χ4v) is 2.67. The Hall–Kier alpha value is -1.59. The summed E-state index contributed by atoms with van der Waals surface area (Å²) in [5.41, 5.74) is 2.18. The quantitative estimate of drug-likeness (QED) is 0.720. The fourth-order valence-electron chi connectivity index (χ4n) is 2.06. The molecule has 0 aliphatic heterocycles. The maximum Gasteiger partial charge on any atom is 0.175 e. The lowest BCUT2D eigenvalue weighted by Crippen LogP contribution is -2.14. The van der Waals surface area contributed by atoms with Crippen LogP contribution in [0.25, 0.3) is 0 Å². The topological polar surface area (TPSA) is 43.4 Å². The molecule has 22 heavy (non-hydrogen) atoms. The summed E-state index contributed by atoms with van der Waals surface area (Å²) in [6.07, 6.45) is 4.66. The van der Waals surface area contributed by atoms with E-state index >= 15 is 0 Å². The van der Waals surface area contributed by atoms with Crippen LogP contribution >= 0.6 is 15.9 Å². The number of nitrogens with one attached hydrogen (secondary N) is 1. The number of hydrogen-bond acceptors (Lipinski definition) is 4. The summed E-state index contributed by atoms with van der Waals surface area (Å²) >= 11 is 3.57. The van der Waals surface area contributed by atoms with Crippen LogP contribution in [0.5, 0.6) is 11.5 Å². The molecule has 0 bridgehead atoms. The van der Waals surface area contributed by atoms with E-state index in [0.717, 1.165) is 40.9 Å². The Morgan fingerprint density at radius 2 is 2.14 bits per heavy atom. The number of methoxy groups -OCH3 is 1. The van der Waals surface area contributed by atoms with Crippen LogP contribution in [0, 0.1) is 0 Å². The molecule has 2 aromatic rings. The Labute approximate surface area is 140 Å². The lowest BCUT2D eigenvalue weighted by Gasteiger charge is -2.14. The molecule has 2 rings (SSSR count). The molecule has 1 N–H and O–H groups in total. The zero-order valence-electron chi connectivity index (χ0n) is 12.9. The van der Waals surface area contributed by atoms with E-state index < -0.39 is 0 Å². The highest BCUT2D eigenvalue weighted by Crippen LogP contribution is 2.37. The molecule has 0 unspecified atom stereocenters. The molecule has 1 aromatic heterocycles. The van der Waals surface area contributed by atoms with Crippen molar-refractivity contribution in [3.63, 3.8) is 0 Å². The fraction of sp³-hybridized carbons (Fsp3) is 0.353. The van der Waals surface area contributed by atoms with Crippen LogP contribution in [0.3, 0.4) is 0 Å². The molecule has 0 saturated heterocycles. The summed E-state index contributed by atoms with van der Waals surface area (Å²) in [6.45, 7) is 4.42. The van der Waals surface area contributed by atoms with Crippen molar-refractivity contribution in [3.05, 3.63) is 52.3 Å². The maximum atomic E-state index is 5.89. The van der Waals surface area contributed by atoms with E-state index in [2.05, 4.69) is 39.2 Å². The van der Waals surface area contributed by atoms with Gasteiger partial charge in [-0.15, -0.1) is 0 Å². The molecular formula is C17H21BrN2O2. The van der Waals surface area contributed by atoms with Crippen LogP contribution in [0.4, 0.5) is 0 Å². The van der Waals surface area contributed by atoms with Crippen molar-refractivity contribution in [2.75, 3.05) is 13.7 Å². The largest absolute Gasteiger partial charge is 0.493 e. The Bertz CT molecular complexity index is 591. The van der Waals surface area contributed by atoms with Crippen LogP contribution in [-0.4, -0.2) is 18.6 Å². The highest BCUT2D eigenvalue weighted by molar-refractivity contribution is 9.10. The number of pyridine rings is 1. The molecule has 0 fully saturated rings. The van der Waals surface area contributed by atoms with E-state index in [4.69, 9.17) is 9.47 Å². The molecule has 5 heteroatoms. The van der Waals surface area contributed by atoms with Crippen LogP contribution in [0.1, 0.15) is 24.5 Å². The molecular weight excluding hydrogens is 344 g/mol. The second-order valence-electron chi connectivity index (χ2n) is 4.94. The van der Waals surface area contributed by atoms with Crippen molar-refractivity contribution in [3.8, 4) is 11.5 Å². The molecule has 0 amide bonds. The molecule has 0 aliphatic rings. The summed E-state index contributed by atoms with van der Waals surface area (Å²) < 4.78 is 12.2. The molecule has 0 radical (unpaired) electrons. The first-order valence-corrected chi connectivity index (χ1v) is 8.12. The van der Waals surface area contributed by atoms with Gasteiger partial charge in [0.25, 0.3) is 0 Å². The van der Waals surface area contributed by atoms with Crippen molar-refractivity contribution in [1.29, 1.82) is 0 Å². The van der Waals surface area contributed by atoms with Crippen molar-refractivity contribution in [2.45, 2.75) is 26.5 Å². The summed E-state index contributed by atoms with van der Waals surface area (Å²) in [4.78, 5) is 4.09. The van der Waals surface area contributed by atoms with Crippen molar-refractivity contribution in [2.24, 2.45) is 0 Å². The lowest BCUT2D eigenvalue weighted by atomic mass is 10.2. The highest BCUT2D eigenvalue weighted by Gasteiger charge is 2.12. The molecule has 1 aromatic carbocycles. The predicted octanol–water partition coefficient (Wildman–Crippen LogP) is 3.93. The second kappa shape index (κ2) is 8.76. The minimum atomic E-state index is 0.455. The Morgan fingerprint density at radius 3 is 2.82 bits per heavy atom. The second-order valence-corrected chi connectivity index (χ2v) is 5.79. The van der Waals surface area contributed by atoms with Gasteiger partial charge in [-0.3, -0.25) is 4.98 Å². The maximum absolute atomic E-state index is 5.89. The van der Waals surface area contributed by atoms with Crippen molar-refractivity contribution >= 4 is 15.9 Å². The Kier molecular flexibility index (Phi) is 6.68. The summed E-state index contributed by atoms with van der Waals surface area (Å²) in [7, 11) is 1.65. The van der Waals surface area contributed by atoms with Gasteiger partial charge >= 0.3 is 0 Å². The van der Waals surface area contributed by atoms with Gasteiger partial charge < -0.3 is 14.8 Å². The normalized spacial score (nSPS) is 10.5. The van der Waals surface area contributed by atoms with Gasteiger partial charge in [0.1, 0.15) is 6.61 Å². The summed E-state index contributed by atoms with van der Waals surface area (Å²) in [5.74, 6) is 1.44. The number of hydrogen-bond donors (Lipinski definition) is 1. The monoisotopic (exact) mass is 364 g/mol. The van der Waals surface area contributed by atoms with Gasteiger partial charge in [-0.1, -0.05) is 13.0 Å². The van der Waals surface area contributed by atoms with Crippen LogP contribution < -0.4 is 14.8 Å². The minimum absolute atomic E-state index is 0.455. The molecule has 0 saturated carbocycles. The zero-order valence-corrected chi connectivity index (χ0v) is 14.5. The predicted molar refractivity (Wildman–Crippen MR) is 91.3 cm³/mol. The van der Waals surface area contributed by atoms with E-state index in [0.29, 0.717) is 12.4 Å². The number of ether oxygens (including phenoxy) is 2. The van der Waals surface area contributed by atoms with Crippen LogP contribution in [-0.2, 0) is 13.2 Å². The number of halogens is 1. The SMILES string of the molecule is CCCNCc1cc(Br)c(OCc2cccnc2)c(OC)c1. The Morgan fingerprint density at radius 1 is 1.27 bits per heavy atom. The first kappa shape index (κ1) is 16.8. The Balaban J connectivity index is 2.09. The average Bonchev–Trinajstić information content (AvgIpc) is 2.54.